The highest BCUT2D eigenvalue weighted by atomic mass is 19.1. The largest absolute Gasteiger partial charge is 0.496 e. The summed E-state index contributed by atoms with van der Waals surface area (Å²) in [6, 6.07) is 8.85. The van der Waals surface area contributed by atoms with E-state index in [1.54, 1.807) is 12.1 Å². The fraction of sp³-hybridized carbons (Fsp3) is 0.370. The SMILES string of the molecule is C=CC(CF)CN1C(c2c(F)cc(/C=C/C(=O)OC)cc2OC)c2ccc(C)cc2C[C@H]1C. The summed E-state index contributed by atoms with van der Waals surface area (Å²) in [7, 11) is 2.77. The number of esters is 1. The molecule has 3 rings (SSSR count). The molecule has 1 aliphatic rings. The van der Waals surface area contributed by atoms with Crippen LogP contribution < -0.4 is 4.74 Å². The molecule has 0 saturated carbocycles. The topological polar surface area (TPSA) is 38.8 Å². The minimum atomic E-state index is -0.531. The molecular formula is C27H31F2NO3. The first-order valence-corrected chi connectivity index (χ1v) is 11.0. The highest BCUT2D eigenvalue weighted by molar-refractivity contribution is 5.87. The van der Waals surface area contributed by atoms with Gasteiger partial charge in [0.1, 0.15) is 11.6 Å². The van der Waals surface area contributed by atoms with Crippen molar-refractivity contribution in [1.82, 2.24) is 4.90 Å². The van der Waals surface area contributed by atoms with Crippen LogP contribution in [-0.4, -0.2) is 44.3 Å². The van der Waals surface area contributed by atoms with Gasteiger partial charge in [0.2, 0.25) is 0 Å². The first-order chi connectivity index (χ1) is 15.8. The van der Waals surface area contributed by atoms with E-state index in [0.717, 1.165) is 23.1 Å². The number of alkyl halides is 1. The molecule has 0 radical (unpaired) electrons. The molecule has 1 aliphatic heterocycles. The third-order valence-corrected chi connectivity index (χ3v) is 6.20. The molecular weight excluding hydrogens is 424 g/mol. The van der Waals surface area contributed by atoms with Crippen molar-refractivity contribution in [3.63, 3.8) is 0 Å². The fourth-order valence-electron chi connectivity index (χ4n) is 4.49. The van der Waals surface area contributed by atoms with Gasteiger partial charge in [-0.25, -0.2) is 9.18 Å². The number of hydrogen-bond donors (Lipinski definition) is 0. The predicted molar refractivity (Wildman–Crippen MR) is 127 cm³/mol. The Hall–Kier alpha value is -2.99. The highest BCUT2D eigenvalue weighted by Gasteiger charge is 2.37. The lowest BCUT2D eigenvalue weighted by molar-refractivity contribution is -0.134. The molecule has 0 spiro atoms. The monoisotopic (exact) mass is 455 g/mol. The molecule has 3 atom stereocenters. The maximum atomic E-state index is 15.7. The molecule has 2 aromatic carbocycles. The minimum absolute atomic E-state index is 0.0568. The molecule has 0 saturated heterocycles. The van der Waals surface area contributed by atoms with Crippen molar-refractivity contribution in [2.24, 2.45) is 5.92 Å². The van der Waals surface area contributed by atoms with Gasteiger partial charge >= 0.3 is 5.97 Å². The smallest absolute Gasteiger partial charge is 0.330 e. The van der Waals surface area contributed by atoms with Crippen molar-refractivity contribution in [2.75, 3.05) is 27.4 Å². The van der Waals surface area contributed by atoms with Gasteiger partial charge in [-0.1, -0.05) is 29.8 Å². The van der Waals surface area contributed by atoms with E-state index >= 15 is 4.39 Å². The second-order valence-electron chi connectivity index (χ2n) is 8.48. The first kappa shape index (κ1) is 24.6. The number of methoxy groups -OCH3 is 2. The maximum absolute atomic E-state index is 15.7. The minimum Gasteiger partial charge on any atom is -0.496 e. The summed E-state index contributed by atoms with van der Waals surface area (Å²) in [4.78, 5) is 13.6. The van der Waals surface area contributed by atoms with Gasteiger partial charge in [-0.05, 0) is 55.2 Å². The Balaban J connectivity index is 2.17. The van der Waals surface area contributed by atoms with Crippen molar-refractivity contribution in [1.29, 1.82) is 0 Å². The van der Waals surface area contributed by atoms with Crippen molar-refractivity contribution in [2.45, 2.75) is 32.4 Å². The molecule has 4 nitrogen and oxygen atoms in total. The first-order valence-electron chi connectivity index (χ1n) is 11.0. The van der Waals surface area contributed by atoms with Crippen LogP contribution in [0.3, 0.4) is 0 Å². The van der Waals surface area contributed by atoms with E-state index < -0.39 is 24.5 Å². The number of nitrogens with zero attached hydrogens (tertiary/aromatic N) is 1. The second-order valence-corrected chi connectivity index (χ2v) is 8.48. The molecule has 176 valence electrons. The summed E-state index contributed by atoms with van der Waals surface area (Å²) in [5.74, 6) is -0.981. The van der Waals surface area contributed by atoms with Crippen LogP contribution in [0.5, 0.6) is 5.75 Å². The van der Waals surface area contributed by atoms with E-state index in [0.29, 0.717) is 23.4 Å². The summed E-state index contributed by atoms with van der Waals surface area (Å²) in [5.41, 5.74) is 4.14. The van der Waals surface area contributed by atoms with E-state index in [2.05, 4.69) is 29.2 Å². The third kappa shape index (κ3) is 5.33. The zero-order chi connectivity index (χ0) is 24.1. The lowest BCUT2D eigenvalue weighted by Crippen LogP contribution is -2.45. The molecule has 0 aromatic heterocycles. The van der Waals surface area contributed by atoms with E-state index in [1.165, 1.54) is 32.4 Å². The van der Waals surface area contributed by atoms with Crippen LogP contribution in [0.4, 0.5) is 8.78 Å². The van der Waals surface area contributed by atoms with E-state index in [1.807, 2.05) is 19.1 Å². The molecule has 0 amide bonds. The molecule has 2 aromatic rings. The van der Waals surface area contributed by atoms with Crippen molar-refractivity contribution in [3.8, 4) is 5.75 Å². The summed E-state index contributed by atoms with van der Waals surface area (Å²) >= 11 is 0. The zero-order valence-electron chi connectivity index (χ0n) is 19.6. The molecule has 0 bridgehead atoms. The van der Waals surface area contributed by atoms with E-state index in [-0.39, 0.29) is 12.0 Å². The molecule has 2 unspecified atom stereocenters. The van der Waals surface area contributed by atoms with Gasteiger partial charge in [0.15, 0.2) is 0 Å². The van der Waals surface area contributed by atoms with Gasteiger partial charge in [-0.15, -0.1) is 6.58 Å². The Morgan fingerprint density at radius 1 is 1.30 bits per heavy atom. The Bertz CT molecular complexity index is 1050. The summed E-state index contributed by atoms with van der Waals surface area (Å²) < 4.78 is 39.6. The Labute approximate surface area is 194 Å². The quantitative estimate of drug-likeness (QED) is 0.302. The molecule has 1 heterocycles. The summed E-state index contributed by atoms with van der Waals surface area (Å²) in [6.45, 7) is 7.76. The van der Waals surface area contributed by atoms with Crippen LogP contribution >= 0.6 is 0 Å². The number of ether oxygens (including phenoxy) is 2. The van der Waals surface area contributed by atoms with Crippen LogP contribution in [0.2, 0.25) is 0 Å². The number of fused-ring (bicyclic) bond motifs is 1. The lowest BCUT2D eigenvalue weighted by Gasteiger charge is -2.43. The van der Waals surface area contributed by atoms with Crippen molar-refractivity contribution >= 4 is 12.0 Å². The van der Waals surface area contributed by atoms with E-state index in [4.69, 9.17) is 4.74 Å². The number of aryl methyl sites for hydroxylation is 1. The van der Waals surface area contributed by atoms with Gasteiger partial charge in [0.05, 0.1) is 32.5 Å². The molecule has 0 N–H and O–H groups in total. The van der Waals surface area contributed by atoms with Crippen LogP contribution in [0.15, 0.2) is 49.1 Å². The standard InChI is InChI=1S/C27H31F2NO3/c1-6-19(15-28)16-30-18(3)12-21-11-17(2)7-9-22(21)27(30)26-23(29)13-20(14-24(26)32-4)8-10-25(31)33-5/h6-11,13-14,18-19,27H,1,12,15-16H2,2-5H3/b10-8+/t18-,19?,27?/m1/s1. The van der Waals surface area contributed by atoms with E-state index in [9.17, 15) is 9.18 Å². The third-order valence-electron chi connectivity index (χ3n) is 6.20. The van der Waals surface area contributed by atoms with Crippen LogP contribution in [0.1, 0.15) is 40.8 Å². The number of benzene rings is 2. The van der Waals surface area contributed by atoms with Gasteiger partial charge in [0.25, 0.3) is 0 Å². The maximum Gasteiger partial charge on any atom is 0.330 e. The Morgan fingerprint density at radius 2 is 2.06 bits per heavy atom. The molecule has 6 heteroatoms. The summed E-state index contributed by atoms with van der Waals surface area (Å²) in [5, 5.41) is 0. The van der Waals surface area contributed by atoms with Crippen molar-refractivity contribution < 1.29 is 23.0 Å². The lowest BCUT2D eigenvalue weighted by atomic mass is 9.83. The zero-order valence-corrected chi connectivity index (χ0v) is 19.6. The van der Waals surface area contributed by atoms with Crippen molar-refractivity contribution in [3.05, 3.63) is 82.7 Å². The highest BCUT2D eigenvalue weighted by Crippen LogP contribution is 2.43. The number of hydrogen-bond acceptors (Lipinski definition) is 4. The average molecular weight is 456 g/mol. The molecule has 0 fully saturated rings. The average Bonchev–Trinajstić information content (AvgIpc) is 2.80. The number of carbonyl (C=O) groups is 1. The van der Waals surface area contributed by atoms with Gasteiger partial charge < -0.3 is 9.47 Å². The van der Waals surface area contributed by atoms with Crippen LogP contribution in [0.25, 0.3) is 6.08 Å². The number of rotatable bonds is 8. The summed E-state index contributed by atoms with van der Waals surface area (Å²) in [6.07, 6.45) is 5.11. The molecule has 0 aliphatic carbocycles. The molecule has 33 heavy (non-hydrogen) atoms. The Morgan fingerprint density at radius 3 is 2.70 bits per heavy atom. The predicted octanol–water partition coefficient (Wildman–Crippen LogP) is 5.44. The normalized spacial score (nSPS) is 19.2. The second kappa shape index (κ2) is 10.8. The van der Waals surface area contributed by atoms with Gasteiger partial charge in [-0.2, -0.15) is 0 Å². The Kier molecular flexibility index (Phi) is 8.03. The fourth-order valence-corrected chi connectivity index (χ4v) is 4.49. The van der Waals surface area contributed by atoms with Gasteiger partial charge in [-0.3, -0.25) is 9.29 Å². The van der Waals surface area contributed by atoms with Crippen LogP contribution in [-0.2, 0) is 16.0 Å². The van der Waals surface area contributed by atoms with Crippen LogP contribution in [0, 0.1) is 18.7 Å². The van der Waals surface area contributed by atoms with Gasteiger partial charge in [0, 0.05) is 24.6 Å². The number of carbonyl (C=O) groups excluding carboxylic acids is 1. The number of halogens is 2.